The van der Waals surface area contributed by atoms with Gasteiger partial charge >= 0.3 is 0 Å². The first kappa shape index (κ1) is 10.9. The van der Waals surface area contributed by atoms with Crippen molar-refractivity contribution < 1.29 is 4.79 Å². The van der Waals surface area contributed by atoms with Gasteiger partial charge in [-0.05, 0) is 19.3 Å². The molecule has 1 aliphatic rings. The van der Waals surface area contributed by atoms with Gasteiger partial charge in [0.1, 0.15) is 6.54 Å². The van der Waals surface area contributed by atoms with Gasteiger partial charge in [-0.3, -0.25) is 14.2 Å². The summed E-state index contributed by atoms with van der Waals surface area (Å²) in [7, 11) is 0. The van der Waals surface area contributed by atoms with Crippen molar-refractivity contribution in [2.75, 3.05) is 13.1 Å². The average molecular weight is 221 g/mol. The van der Waals surface area contributed by atoms with Crippen molar-refractivity contribution in [1.29, 1.82) is 0 Å². The quantitative estimate of drug-likeness (QED) is 0.719. The predicted octanol–water partition coefficient (Wildman–Crippen LogP) is 0.256. The van der Waals surface area contributed by atoms with Gasteiger partial charge in [0.15, 0.2) is 0 Å². The van der Waals surface area contributed by atoms with Crippen LogP contribution in [-0.4, -0.2) is 33.4 Å². The molecule has 1 aromatic heterocycles. The molecular formula is C11H15N3O2. The molecular weight excluding hydrogens is 206 g/mol. The zero-order valence-electron chi connectivity index (χ0n) is 9.13. The Bertz CT molecular complexity index is 421. The van der Waals surface area contributed by atoms with Crippen LogP contribution in [0, 0.1) is 0 Å². The Balaban J connectivity index is 2.01. The maximum absolute atomic E-state index is 11.9. The number of likely N-dealkylation sites (tertiary alicyclic amines) is 1. The number of amides is 1. The number of carbonyl (C=O) groups excluding carboxylic acids is 1. The second-order valence-electron chi connectivity index (χ2n) is 3.99. The number of piperidine rings is 1. The molecule has 1 saturated heterocycles. The van der Waals surface area contributed by atoms with E-state index in [0.717, 1.165) is 25.9 Å². The Hall–Kier alpha value is -1.65. The summed E-state index contributed by atoms with van der Waals surface area (Å²) >= 11 is 0. The third-order valence-corrected chi connectivity index (χ3v) is 2.81. The summed E-state index contributed by atoms with van der Waals surface area (Å²) in [4.78, 5) is 28.9. The van der Waals surface area contributed by atoms with Gasteiger partial charge in [0.25, 0.3) is 5.56 Å². The van der Waals surface area contributed by atoms with E-state index in [0.29, 0.717) is 0 Å². The summed E-state index contributed by atoms with van der Waals surface area (Å²) in [6.07, 6.45) is 6.16. The molecule has 0 spiro atoms. The van der Waals surface area contributed by atoms with Crippen molar-refractivity contribution in [3.63, 3.8) is 0 Å². The fourth-order valence-electron chi connectivity index (χ4n) is 1.89. The van der Waals surface area contributed by atoms with Crippen molar-refractivity contribution in [2.45, 2.75) is 25.8 Å². The average Bonchev–Trinajstić information content (AvgIpc) is 2.33. The monoisotopic (exact) mass is 221 g/mol. The smallest absolute Gasteiger partial charge is 0.253 e. The molecule has 1 fully saturated rings. The zero-order valence-corrected chi connectivity index (χ0v) is 9.13. The molecule has 0 bridgehead atoms. The Morgan fingerprint density at radius 3 is 2.75 bits per heavy atom. The summed E-state index contributed by atoms with van der Waals surface area (Å²) in [6, 6.07) is 1.36. The van der Waals surface area contributed by atoms with Gasteiger partial charge in [0, 0.05) is 25.4 Å². The van der Waals surface area contributed by atoms with Crippen LogP contribution in [0.25, 0.3) is 0 Å². The first-order chi connectivity index (χ1) is 7.77. The third-order valence-electron chi connectivity index (χ3n) is 2.81. The van der Waals surface area contributed by atoms with E-state index in [2.05, 4.69) is 4.98 Å². The fourth-order valence-corrected chi connectivity index (χ4v) is 1.89. The molecule has 0 radical (unpaired) electrons. The van der Waals surface area contributed by atoms with Crippen molar-refractivity contribution in [3.05, 3.63) is 28.9 Å². The maximum Gasteiger partial charge on any atom is 0.253 e. The number of carbonyl (C=O) groups is 1. The molecule has 5 heteroatoms. The van der Waals surface area contributed by atoms with Crippen molar-refractivity contribution >= 4 is 5.91 Å². The third kappa shape index (κ3) is 2.48. The molecule has 0 atom stereocenters. The first-order valence-corrected chi connectivity index (χ1v) is 5.55. The Kier molecular flexibility index (Phi) is 3.34. The molecule has 1 aromatic rings. The summed E-state index contributed by atoms with van der Waals surface area (Å²) in [5.41, 5.74) is -0.180. The van der Waals surface area contributed by atoms with Crippen LogP contribution in [0.3, 0.4) is 0 Å². The minimum atomic E-state index is -0.180. The molecule has 0 unspecified atom stereocenters. The summed E-state index contributed by atoms with van der Waals surface area (Å²) < 4.78 is 1.34. The molecule has 5 nitrogen and oxygen atoms in total. The van der Waals surface area contributed by atoms with Crippen LogP contribution >= 0.6 is 0 Å². The van der Waals surface area contributed by atoms with E-state index in [1.54, 1.807) is 0 Å². The first-order valence-electron chi connectivity index (χ1n) is 5.55. The topological polar surface area (TPSA) is 55.2 Å². The van der Waals surface area contributed by atoms with E-state index >= 15 is 0 Å². The number of rotatable bonds is 2. The number of hydrogen-bond donors (Lipinski definition) is 0. The molecule has 0 saturated carbocycles. The van der Waals surface area contributed by atoms with Crippen LogP contribution in [0.4, 0.5) is 0 Å². The van der Waals surface area contributed by atoms with E-state index in [1.807, 2.05) is 4.90 Å². The van der Waals surface area contributed by atoms with Crippen LogP contribution in [0.15, 0.2) is 23.4 Å². The van der Waals surface area contributed by atoms with Crippen LogP contribution in [0.5, 0.6) is 0 Å². The van der Waals surface area contributed by atoms with Crippen LogP contribution in [0.2, 0.25) is 0 Å². The molecule has 2 rings (SSSR count). The maximum atomic E-state index is 11.9. The molecule has 0 aliphatic carbocycles. The Morgan fingerprint density at radius 2 is 2.06 bits per heavy atom. The lowest BCUT2D eigenvalue weighted by Gasteiger charge is -2.26. The molecule has 0 aromatic carbocycles. The van der Waals surface area contributed by atoms with Crippen LogP contribution in [0.1, 0.15) is 19.3 Å². The van der Waals surface area contributed by atoms with E-state index in [9.17, 15) is 9.59 Å². The van der Waals surface area contributed by atoms with Crippen molar-refractivity contribution in [1.82, 2.24) is 14.5 Å². The van der Waals surface area contributed by atoms with Gasteiger partial charge in [-0.25, -0.2) is 4.98 Å². The normalized spacial score (nSPS) is 16.1. The van der Waals surface area contributed by atoms with Crippen molar-refractivity contribution in [2.24, 2.45) is 0 Å². The highest BCUT2D eigenvalue weighted by molar-refractivity contribution is 5.76. The minimum absolute atomic E-state index is 0.00907. The lowest BCUT2D eigenvalue weighted by molar-refractivity contribution is -0.132. The Morgan fingerprint density at radius 1 is 1.31 bits per heavy atom. The lowest BCUT2D eigenvalue weighted by Crippen LogP contribution is -2.39. The lowest BCUT2D eigenvalue weighted by atomic mass is 10.1. The van der Waals surface area contributed by atoms with Gasteiger partial charge in [-0.1, -0.05) is 0 Å². The van der Waals surface area contributed by atoms with E-state index in [4.69, 9.17) is 0 Å². The number of hydrogen-bond acceptors (Lipinski definition) is 3. The van der Waals surface area contributed by atoms with Gasteiger partial charge in [0.2, 0.25) is 5.91 Å². The zero-order chi connectivity index (χ0) is 11.4. The van der Waals surface area contributed by atoms with Gasteiger partial charge in [-0.15, -0.1) is 0 Å². The SMILES string of the molecule is O=C(Cn1cnccc1=O)N1CCCCC1. The predicted molar refractivity (Wildman–Crippen MR) is 58.9 cm³/mol. The second kappa shape index (κ2) is 4.92. The summed E-state index contributed by atoms with van der Waals surface area (Å²) in [5.74, 6) is 0.00907. The standard InChI is InChI=1S/C11H15N3O2/c15-10-4-5-12-9-14(10)8-11(16)13-6-2-1-3-7-13/h4-5,9H,1-3,6-8H2. The number of aromatic nitrogens is 2. The largest absolute Gasteiger partial charge is 0.341 e. The van der Waals surface area contributed by atoms with Gasteiger partial charge < -0.3 is 4.90 Å². The second-order valence-corrected chi connectivity index (χ2v) is 3.99. The summed E-state index contributed by atoms with van der Waals surface area (Å²) in [5, 5.41) is 0. The highest BCUT2D eigenvalue weighted by Gasteiger charge is 2.16. The molecule has 0 N–H and O–H groups in total. The van der Waals surface area contributed by atoms with E-state index < -0.39 is 0 Å². The van der Waals surface area contributed by atoms with Crippen molar-refractivity contribution in [3.8, 4) is 0 Å². The fraction of sp³-hybridized carbons (Fsp3) is 0.545. The van der Waals surface area contributed by atoms with Gasteiger partial charge in [0.05, 0.1) is 6.33 Å². The van der Waals surface area contributed by atoms with E-state index in [-0.39, 0.29) is 18.0 Å². The van der Waals surface area contributed by atoms with Gasteiger partial charge in [-0.2, -0.15) is 0 Å². The molecule has 86 valence electrons. The number of nitrogens with zero attached hydrogens (tertiary/aromatic N) is 3. The highest BCUT2D eigenvalue weighted by Crippen LogP contribution is 2.08. The minimum Gasteiger partial charge on any atom is -0.341 e. The summed E-state index contributed by atoms with van der Waals surface area (Å²) in [6.45, 7) is 1.73. The molecule has 16 heavy (non-hydrogen) atoms. The molecule has 1 aliphatic heterocycles. The van der Waals surface area contributed by atoms with Crippen LogP contribution in [-0.2, 0) is 11.3 Å². The molecule has 1 amide bonds. The highest BCUT2D eigenvalue weighted by atomic mass is 16.2. The van der Waals surface area contributed by atoms with Crippen LogP contribution < -0.4 is 5.56 Å². The van der Waals surface area contributed by atoms with E-state index in [1.165, 1.54) is 29.6 Å². The molecule has 2 heterocycles. The Labute approximate surface area is 93.7 Å².